The van der Waals surface area contributed by atoms with Crippen LogP contribution < -0.4 is 0 Å². The average molecular weight is 357 g/mol. The molecule has 0 spiro atoms. The van der Waals surface area contributed by atoms with Crippen molar-refractivity contribution in [1.82, 2.24) is 0 Å². The molecule has 0 heterocycles. The largest absolute Gasteiger partial charge is 0.299 e. The molecule has 25 heavy (non-hydrogen) atoms. The molecule has 0 aromatic carbocycles. The monoisotopic (exact) mass is 356 g/mol. The predicted octanol–water partition coefficient (Wildman–Crippen LogP) is 4.92. The van der Waals surface area contributed by atoms with E-state index in [1.807, 2.05) is 0 Å². The van der Waals surface area contributed by atoms with Gasteiger partial charge in [0.15, 0.2) is 5.78 Å². The van der Waals surface area contributed by atoms with Crippen LogP contribution in [0.25, 0.3) is 0 Å². The van der Waals surface area contributed by atoms with E-state index in [0.29, 0.717) is 34.4 Å². The van der Waals surface area contributed by atoms with Gasteiger partial charge in [0.1, 0.15) is 5.78 Å². The number of allylic oxidation sites excluding steroid dienone is 5. The van der Waals surface area contributed by atoms with Gasteiger partial charge in [-0.05, 0) is 67.1 Å². The number of ketones is 2. The zero-order chi connectivity index (χ0) is 18.3. The van der Waals surface area contributed by atoms with Crippen LogP contribution in [-0.2, 0) is 9.59 Å². The molecule has 2 nitrogen and oxygen atoms in total. The molecule has 0 saturated heterocycles. The second kappa shape index (κ2) is 5.22. The predicted molar refractivity (Wildman–Crippen MR) is 103 cm³/mol. The Morgan fingerprint density at radius 3 is 2.56 bits per heavy atom. The van der Waals surface area contributed by atoms with Gasteiger partial charge in [-0.1, -0.05) is 32.9 Å². The van der Waals surface area contributed by atoms with Gasteiger partial charge >= 0.3 is 0 Å². The number of carbonyl (C=O) groups is 2. The normalized spacial score (nSPS) is 46.6. The number of fused-ring (bicyclic) bond motifs is 5. The van der Waals surface area contributed by atoms with Gasteiger partial charge in [-0.2, -0.15) is 0 Å². The summed E-state index contributed by atoms with van der Waals surface area (Å²) in [5.74, 6) is 2.13. The first-order chi connectivity index (χ1) is 11.6. The molecule has 0 radical (unpaired) electrons. The van der Waals surface area contributed by atoms with Crippen LogP contribution in [-0.4, -0.2) is 11.6 Å². The van der Waals surface area contributed by atoms with E-state index in [0.717, 1.165) is 42.4 Å². The SMILES string of the molecule is C=C1C2=C(S)C(=O)C=C(C)[C@]2(C)[C@H]2CC[C@]3(C)C(=O)CC[C@H]3[C@@H]2[C@@H]1C. The summed E-state index contributed by atoms with van der Waals surface area (Å²) in [7, 11) is 0. The number of hydrogen-bond donors (Lipinski definition) is 1. The lowest BCUT2D eigenvalue weighted by Gasteiger charge is -2.60. The molecule has 0 N–H and O–H groups in total. The van der Waals surface area contributed by atoms with E-state index in [1.165, 1.54) is 0 Å². The molecule has 3 saturated carbocycles. The molecule has 4 rings (SSSR count). The Bertz CT molecular complexity index is 773. The van der Waals surface area contributed by atoms with E-state index in [-0.39, 0.29) is 16.6 Å². The summed E-state index contributed by atoms with van der Waals surface area (Å²) in [6.45, 7) is 13.2. The maximum atomic E-state index is 12.6. The maximum Gasteiger partial charge on any atom is 0.192 e. The van der Waals surface area contributed by atoms with Crippen molar-refractivity contribution in [2.75, 3.05) is 0 Å². The Hall–Kier alpha value is -1.09. The lowest BCUT2D eigenvalue weighted by molar-refractivity contribution is -0.132. The second-order valence-electron chi connectivity index (χ2n) is 9.14. The topological polar surface area (TPSA) is 34.1 Å². The van der Waals surface area contributed by atoms with Gasteiger partial charge in [-0.15, -0.1) is 12.6 Å². The number of rotatable bonds is 0. The fourth-order valence-electron chi connectivity index (χ4n) is 6.74. The summed E-state index contributed by atoms with van der Waals surface area (Å²) in [5, 5.41) is 0. The smallest absolute Gasteiger partial charge is 0.192 e. The molecule has 4 aliphatic carbocycles. The van der Waals surface area contributed by atoms with Crippen LogP contribution in [0.5, 0.6) is 0 Å². The highest BCUT2D eigenvalue weighted by Gasteiger charge is 2.62. The van der Waals surface area contributed by atoms with Gasteiger partial charge in [0.25, 0.3) is 0 Å². The van der Waals surface area contributed by atoms with E-state index in [4.69, 9.17) is 0 Å². The maximum absolute atomic E-state index is 12.6. The van der Waals surface area contributed by atoms with E-state index < -0.39 is 0 Å². The summed E-state index contributed by atoms with van der Waals surface area (Å²) in [4.78, 5) is 25.6. The van der Waals surface area contributed by atoms with Crippen LogP contribution in [0.3, 0.4) is 0 Å². The van der Waals surface area contributed by atoms with E-state index in [9.17, 15) is 9.59 Å². The molecule has 3 heteroatoms. The summed E-state index contributed by atoms with van der Waals surface area (Å²) in [5.41, 5.74) is 2.95. The molecular formula is C22H28O2S. The van der Waals surface area contributed by atoms with Gasteiger partial charge in [0.05, 0.1) is 4.91 Å². The molecule has 0 bridgehead atoms. The lowest BCUT2D eigenvalue weighted by atomic mass is 9.44. The van der Waals surface area contributed by atoms with Gasteiger partial charge < -0.3 is 0 Å². The minimum absolute atomic E-state index is 0.0109. The minimum Gasteiger partial charge on any atom is -0.299 e. The van der Waals surface area contributed by atoms with Gasteiger partial charge in [-0.3, -0.25) is 9.59 Å². The van der Waals surface area contributed by atoms with E-state index in [1.54, 1.807) is 6.08 Å². The zero-order valence-corrected chi connectivity index (χ0v) is 16.6. The van der Waals surface area contributed by atoms with Crippen LogP contribution in [0.2, 0.25) is 0 Å². The van der Waals surface area contributed by atoms with E-state index >= 15 is 0 Å². The highest BCUT2D eigenvalue weighted by Crippen LogP contribution is 2.67. The Balaban J connectivity index is 1.89. The van der Waals surface area contributed by atoms with E-state index in [2.05, 4.69) is 46.9 Å². The molecule has 0 aromatic heterocycles. The molecule has 134 valence electrons. The number of thiol groups is 1. The van der Waals surface area contributed by atoms with Crippen molar-refractivity contribution < 1.29 is 9.59 Å². The first kappa shape index (κ1) is 17.3. The molecule has 0 aromatic rings. The van der Waals surface area contributed by atoms with Crippen LogP contribution in [0.15, 0.2) is 34.3 Å². The standard InChI is InChI=1S/C22H28O2S/c1-11-10-16(23)20(25)19-13(3)12(2)18-14-6-7-17(24)21(14,4)9-8-15(18)22(11,19)5/h10,12,14-15,18,25H,3,6-9H2,1-2,4-5H3/t12-,14+,15+,18+,21+,22-/m1/s1. The fourth-order valence-corrected chi connectivity index (χ4v) is 7.18. The van der Waals surface area contributed by atoms with Crippen LogP contribution in [0, 0.1) is 34.5 Å². The Morgan fingerprint density at radius 1 is 1.20 bits per heavy atom. The number of hydrogen-bond acceptors (Lipinski definition) is 3. The first-order valence-corrected chi connectivity index (χ1v) is 9.98. The van der Waals surface area contributed by atoms with Gasteiger partial charge in [0, 0.05) is 17.3 Å². The van der Waals surface area contributed by atoms with Gasteiger partial charge in [-0.25, -0.2) is 0 Å². The molecule has 0 amide bonds. The molecule has 3 fully saturated rings. The summed E-state index contributed by atoms with van der Waals surface area (Å²) in [6, 6.07) is 0. The average Bonchev–Trinajstić information content (AvgIpc) is 2.86. The van der Waals surface area contributed by atoms with Crippen LogP contribution in [0.4, 0.5) is 0 Å². The molecule has 4 aliphatic rings. The highest BCUT2D eigenvalue weighted by molar-refractivity contribution is 7.85. The summed E-state index contributed by atoms with van der Waals surface area (Å²) < 4.78 is 0. The summed E-state index contributed by atoms with van der Waals surface area (Å²) >= 11 is 4.61. The number of carbonyl (C=O) groups excluding carboxylic acids is 2. The van der Waals surface area contributed by atoms with Crippen molar-refractivity contribution in [1.29, 1.82) is 0 Å². The fraction of sp³-hybridized carbons (Fsp3) is 0.636. The van der Waals surface area contributed by atoms with Gasteiger partial charge in [0.2, 0.25) is 0 Å². The molecule has 0 aliphatic heterocycles. The molecule has 6 atom stereocenters. The quantitative estimate of drug-likeness (QED) is 0.625. The van der Waals surface area contributed by atoms with Crippen molar-refractivity contribution in [2.45, 2.75) is 53.4 Å². The molecular weight excluding hydrogens is 328 g/mol. The zero-order valence-electron chi connectivity index (χ0n) is 15.7. The Morgan fingerprint density at radius 2 is 1.88 bits per heavy atom. The number of Topliss-reactive ketones (excluding diaryl/α,β-unsaturated/α-hetero) is 1. The van der Waals surface area contributed by atoms with Crippen LogP contribution in [0.1, 0.15) is 53.4 Å². The van der Waals surface area contributed by atoms with Crippen LogP contribution >= 0.6 is 12.6 Å². The molecule has 0 unspecified atom stereocenters. The Labute approximate surface area is 156 Å². The third-order valence-corrected chi connectivity index (χ3v) is 8.83. The second-order valence-corrected chi connectivity index (χ2v) is 9.59. The van der Waals surface area contributed by atoms with Crippen molar-refractivity contribution in [3.8, 4) is 0 Å². The third-order valence-electron chi connectivity index (χ3n) is 8.39. The summed E-state index contributed by atoms with van der Waals surface area (Å²) in [6.07, 6.45) is 5.54. The Kier molecular flexibility index (Phi) is 3.62. The minimum atomic E-state index is -0.174. The van der Waals surface area contributed by atoms with Crippen molar-refractivity contribution in [3.63, 3.8) is 0 Å². The first-order valence-electron chi connectivity index (χ1n) is 9.53. The third kappa shape index (κ3) is 1.94. The van der Waals surface area contributed by atoms with Crippen molar-refractivity contribution in [3.05, 3.63) is 34.3 Å². The van der Waals surface area contributed by atoms with Crippen molar-refractivity contribution in [2.24, 2.45) is 34.5 Å². The highest BCUT2D eigenvalue weighted by atomic mass is 32.1. The lowest BCUT2D eigenvalue weighted by Crippen LogP contribution is -2.54. The van der Waals surface area contributed by atoms with Crippen molar-refractivity contribution >= 4 is 24.2 Å².